The van der Waals surface area contributed by atoms with E-state index in [0.717, 1.165) is 17.5 Å². The van der Waals surface area contributed by atoms with Crippen molar-refractivity contribution in [1.29, 1.82) is 0 Å². The molecule has 0 aliphatic rings. The summed E-state index contributed by atoms with van der Waals surface area (Å²) in [6.07, 6.45) is 0.473. The number of aliphatic hydroxyl groups is 1. The van der Waals surface area contributed by atoms with Crippen molar-refractivity contribution in [1.82, 2.24) is 0 Å². The Morgan fingerprint density at radius 2 is 1.50 bits per heavy atom. The smallest absolute Gasteiger partial charge is 0.104 e. The maximum Gasteiger partial charge on any atom is 0.104 e. The summed E-state index contributed by atoms with van der Waals surface area (Å²) in [5, 5.41) is 10.5. The fourth-order valence-electron chi connectivity index (χ4n) is 2.24. The van der Waals surface area contributed by atoms with Gasteiger partial charge in [-0.1, -0.05) is 68.4 Å². The van der Waals surface area contributed by atoms with Gasteiger partial charge in [0.05, 0.1) is 0 Å². The van der Waals surface area contributed by atoms with Gasteiger partial charge in [0.1, 0.15) is 6.10 Å². The number of benzene rings is 2. The highest BCUT2D eigenvalue weighted by atomic mass is 16.3. The molecule has 0 aliphatic heterocycles. The van der Waals surface area contributed by atoms with Crippen molar-refractivity contribution < 1.29 is 5.11 Å². The second kappa shape index (κ2) is 5.83. The molecule has 0 saturated heterocycles. The third kappa shape index (κ3) is 2.99. The van der Waals surface area contributed by atoms with Crippen LogP contribution >= 0.6 is 0 Å². The van der Waals surface area contributed by atoms with Gasteiger partial charge in [0, 0.05) is 0 Å². The topological polar surface area (TPSA) is 20.2 Å². The van der Waals surface area contributed by atoms with Crippen LogP contribution in [0.25, 0.3) is 0 Å². The molecule has 2 aromatic rings. The van der Waals surface area contributed by atoms with Gasteiger partial charge in [-0.2, -0.15) is 0 Å². The van der Waals surface area contributed by atoms with Crippen LogP contribution in [0.2, 0.25) is 0 Å². The average Bonchev–Trinajstić information content (AvgIpc) is 2.39. The first-order chi connectivity index (χ1) is 8.68. The van der Waals surface area contributed by atoms with Gasteiger partial charge in [-0.05, 0) is 29.0 Å². The molecule has 0 heterocycles. The van der Waals surface area contributed by atoms with Crippen molar-refractivity contribution in [2.24, 2.45) is 5.92 Å². The van der Waals surface area contributed by atoms with E-state index in [1.807, 2.05) is 48.5 Å². The van der Waals surface area contributed by atoms with Crippen LogP contribution in [0.5, 0.6) is 0 Å². The van der Waals surface area contributed by atoms with E-state index in [0.29, 0.717) is 5.92 Å². The molecule has 94 valence electrons. The SMILES string of the molecule is CC(C)Cc1ccccc1[C@H](O)c1ccccc1. The third-order valence-corrected chi connectivity index (χ3v) is 3.09. The number of hydrogen-bond donors (Lipinski definition) is 1. The molecule has 0 aromatic heterocycles. The molecule has 2 rings (SSSR count). The summed E-state index contributed by atoms with van der Waals surface area (Å²) in [4.78, 5) is 0. The molecule has 0 unspecified atom stereocenters. The Bertz CT molecular complexity index is 488. The second-order valence-electron chi connectivity index (χ2n) is 5.11. The molecule has 1 heteroatoms. The number of hydrogen-bond acceptors (Lipinski definition) is 1. The molecule has 18 heavy (non-hydrogen) atoms. The molecule has 1 N–H and O–H groups in total. The van der Waals surface area contributed by atoms with Gasteiger partial charge in [-0.15, -0.1) is 0 Å². The van der Waals surface area contributed by atoms with E-state index in [-0.39, 0.29) is 0 Å². The van der Waals surface area contributed by atoms with E-state index in [1.165, 1.54) is 5.56 Å². The third-order valence-electron chi connectivity index (χ3n) is 3.09. The summed E-state index contributed by atoms with van der Waals surface area (Å²) < 4.78 is 0. The van der Waals surface area contributed by atoms with Gasteiger partial charge in [0.2, 0.25) is 0 Å². The summed E-state index contributed by atoms with van der Waals surface area (Å²) in [6, 6.07) is 18.0. The zero-order valence-electron chi connectivity index (χ0n) is 11.0. The standard InChI is InChI=1S/C17H20O/c1-13(2)12-15-10-6-7-11-16(15)17(18)14-8-4-3-5-9-14/h3-11,13,17-18H,12H2,1-2H3/t17-/m1/s1. The van der Waals surface area contributed by atoms with Crippen molar-refractivity contribution in [3.8, 4) is 0 Å². The van der Waals surface area contributed by atoms with E-state index < -0.39 is 6.10 Å². The van der Waals surface area contributed by atoms with Crippen molar-refractivity contribution in [3.05, 3.63) is 71.3 Å². The molecular weight excluding hydrogens is 220 g/mol. The Hall–Kier alpha value is -1.60. The van der Waals surface area contributed by atoms with Crippen molar-refractivity contribution in [2.75, 3.05) is 0 Å². The molecule has 1 atom stereocenters. The molecule has 0 amide bonds. The largest absolute Gasteiger partial charge is 0.384 e. The van der Waals surface area contributed by atoms with Crippen LogP contribution in [-0.4, -0.2) is 5.11 Å². The molecule has 0 radical (unpaired) electrons. The van der Waals surface area contributed by atoms with Crippen molar-refractivity contribution in [2.45, 2.75) is 26.4 Å². The van der Waals surface area contributed by atoms with Crippen LogP contribution in [0.1, 0.15) is 36.6 Å². The van der Waals surface area contributed by atoms with Crippen LogP contribution in [0.3, 0.4) is 0 Å². The first-order valence-electron chi connectivity index (χ1n) is 6.49. The predicted octanol–water partition coefficient (Wildman–Crippen LogP) is 3.97. The van der Waals surface area contributed by atoms with Gasteiger partial charge >= 0.3 is 0 Å². The van der Waals surface area contributed by atoms with Gasteiger partial charge in [0.15, 0.2) is 0 Å². The maximum absolute atomic E-state index is 10.5. The number of aliphatic hydroxyl groups excluding tert-OH is 1. The number of rotatable bonds is 4. The molecule has 0 saturated carbocycles. The van der Waals surface area contributed by atoms with E-state index >= 15 is 0 Å². The fraction of sp³-hybridized carbons (Fsp3) is 0.294. The molecule has 2 aromatic carbocycles. The highest BCUT2D eigenvalue weighted by molar-refractivity contribution is 5.36. The molecule has 1 nitrogen and oxygen atoms in total. The minimum atomic E-state index is -0.527. The van der Waals surface area contributed by atoms with E-state index in [2.05, 4.69) is 19.9 Å². The molecular formula is C17H20O. The van der Waals surface area contributed by atoms with Gasteiger partial charge in [-0.3, -0.25) is 0 Å². The lowest BCUT2D eigenvalue weighted by Crippen LogP contribution is -2.05. The van der Waals surface area contributed by atoms with Crippen LogP contribution < -0.4 is 0 Å². The van der Waals surface area contributed by atoms with Crippen LogP contribution in [0.15, 0.2) is 54.6 Å². The minimum Gasteiger partial charge on any atom is -0.384 e. The Kier molecular flexibility index (Phi) is 4.16. The summed E-state index contributed by atoms with van der Waals surface area (Å²) in [7, 11) is 0. The van der Waals surface area contributed by atoms with E-state index in [1.54, 1.807) is 0 Å². The zero-order chi connectivity index (χ0) is 13.0. The maximum atomic E-state index is 10.5. The molecule has 0 fully saturated rings. The highest BCUT2D eigenvalue weighted by Crippen LogP contribution is 2.26. The lowest BCUT2D eigenvalue weighted by molar-refractivity contribution is 0.219. The van der Waals surface area contributed by atoms with Crippen LogP contribution in [0.4, 0.5) is 0 Å². The molecule has 0 aliphatic carbocycles. The fourth-order valence-corrected chi connectivity index (χ4v) is 2.24. The monoisotopic (exact) mass is 240 g/mol. The lowest BCUT2D eigenvalue weighted by Gasteiger charge is -2.17. The van der Waals surface area contributed by atoms with Crippen molar-refractivity contribution in [3.63, 3.8) is 0 Å². The Labute approximate surface area is 109 Å². The minimum absolute atomic E-state index is 0.527. The van der Waals surface area contributed by atoms with Gasteiger partial charge < -0.3 is 5.11 Å². The summed E-state index contributed by atoms with van der Waals surface area (Å²) in [6.45, 7) is 4.40. The summed E-state index contributed by atoms with van der Waals surface area (Å²) in [5.41, 5.74) is 3.22. The lowest BCUT2D eigenvalue weighted by atomic mass is 9.92. The van der Waals surface area contributed by atoms with Crippen LogP contribution in [0, 0.1) is 5.92 Å². The first kappa shape index (κ1) is 12.8. The summed E-state index contributed by atoms with van der Waals surface area (Å²) >= 11 is 0. The molecule has 0 bridgehead atoms. The van der Waals surface area contributed by atoms with Crippen LogP contribution in [-0.2, 0) is 6.42 Å². The zero-order valence-corrected chi connectivity index (χ0v) is 11.0. The molecule has 0 spiro atoms. The Balaban J connectivity index is 2.33. The van der Waals surface area contributed by atoms with Crippen molar-refractivity contribution >= 4 is 0 Å². The van der Waals surface area contributed by atoms with E-state index in [9.17, 15) is 5.11 Å². The highest BCUT2D eigenvalue weighted by Gasteiger charge is 2.14. The quantitative estimate of drug-likeness (QED) is 0.857. The Morgan fingerprint density at radius 3 is 2.17 bits per heavy atom. The average molecular weight is 240 g/mol. The van der Waals surface area contributed by atoms with Gasteiger partial charge in [0.25, 0.3) is 0 Å². The van der Waals surface area contributed by atoms with E-state index in [4.69, 9.17) is 0 Å². The predicted molar refractivity (Wildman–Crippen MR) is 75.5 cm³/mol. The van der Waals surface area contributed by atoms with Gasteiger partial charge in [-0.25, -0.2) is 0 Å². The Morgan fingerprint density at radius 1 is 0.889 bits per heavy atom. The second-order valence-corrected chi connectivity index (χ2v) is 5.11. The summed E-state index contributed by atoms with van der Waals surface area (Å²) in [5.74, 6) is 0.592. The first-order valence-corrected chi connectivity index (χ1v) is 6.49. The normalized spacial score (nSPS) is 12.7.